The average molecular weight is 280 g/mol. The summed E-state index contributed by atoms with van der Waals surface area (Å²) in [6, 6.07) is 0.698. The Morgan fingerprint density at radius 3 is 2.85 bits per heavy atom. The van der Waals surface area contributed by atoms with E-state index in [1.807, 2.05) is 0 Å². The van der Waals surface area contributed by atoms with Gasteiger partial charge in [-0.3, -0.25) is 4.90 Å². The zero-order valence-electron chi connectivity index (χ0n) is 13.2. The Morgan fingerprint density at radius 2 is 2.05 bits per heavy atom. The smallest absolute Gasteiger partial charge is 0.0710 e. The van der Waals surface area contributed by atoms with Crippen LogP contribution in [0.15, 0.2) is 0 Å². The molecule has 0 aromatic carbocycles. The molecule has 3 heteroatoms. The standard InChI is InChI=1S/C17H32N2O/c1-2-6-15-13-19(12-5-11-18-15)14-16-7-10-17(20-16)8-3-4-9-17/h15-16,18H,2-14H2,1H3. The second-order valence-electron chi connectivity index (χ2n) is 7.22. The second kappa shape index (κ2) is 6.76. The van der Waals surface area contributed by atoms with Crippen LogP contribution in [0.25, 0.3) is 0 Å². The van der Waals surface area contributed by atoms with Crippen LogP contribution in [0.4, 0.5) is 0 Å². The van der Waals surface area contributed by atoms with Crippen molar-refractivity contribution < 1.29 is 4.74 Å². The second-order valence-corrected chi connectivity index (χ2v) is 7.22. The Hall–Kier alpha value is -0.120. The lowest BCUT2D eigenvalue weighted by Crippen LogP contribution is -2.41. The summed E-state index contributed by atoms with van der Waals surface area (Å²) in [6.45, 7) is 7.13. The fraction of sp³-hybridized carbons (Fsp3) is 1.00. The van der Waals surface area contributed by atoms with Crippen molar-refractivity contribution in [2.45, 2.75) is 82.5 Å². The van der Waals surface area contributed by atoms with Gasteiger partial charge in [-0.15, -0.1) is 0 Å². The lowest BCUT2D eigenvalue weighted by atomic mass is 9.98. The van der Waals surface area contributed by atoms with Crippen molar-refractivity contribution in [3.05, 3.63) is 0 Å². The van der Waals surface area contributed by atoms with Crippen LogP contribution in [0.5, 0.6) is 0 Å². The van der Waals surface area contributed by atoms with Crippen LogP contribution in [0, 0.1) is 0 Å². The molecule has 0 amide bonds. The number of hydrogen-bond acceptors (Lipinski definition) is 3. The van der Waals surface area contributed by atoms with Crippen LogP contribution in [0.1, 0.15) is 64.7 Å². The fourth-order valence-corrected chi connectivity index (χ4v) is 4.48. The van der Waals surface area contributed by atoms with Crippen molar-refractivity contribution >= 4 is 0 Å². The van der Waals surface area contributed by atoms with Crippen molar-refractivity contribution in [1.82, 2.24) is 10.2 Å². The van der Waals surface area contributed by atoms with E-state index in [2.05, 4.69) is 17.1 Å². The summed E-state index contributed by atoms with van der Waals surface area (Å²) in [6.07, 6.45) is 12.4. The van der Waals surface area contributed by atoms with Crippen LogP contribution in [-0.2, 0) is 4.74 Å². The van der Waals surface area contributed by atoms with E-state index in [-0.39, 0.29) is 0 Å². The molecule has 2 atom stereocenters. The number of nitrogens with one attached hydrogen (secondary N) is 1. The summed E-state index contributed by atoms with van der Waals surface area (Å²) < 4.78 is 6.49. The number of nitrogens with zero attached hydrogens (tertiary/aromatic N) is 1. The van der Waals surface area contributed by atoms with E-state index in [4.69, 9.17) is 4.74 Å². The maximum atomic E-state index is 6.49. The Bertz CT molecular complexity index is 301. The molecule has 1 aliphatic carbocycles. The third-order valence-electron chi connectivity index (χ3n) is 5.52. The monoisotopic (exact) mass is 280 g/mol. The van der Waals surface area contributed by atoms with Gasteiger partial charge in [-0.1, -0.05) is 26.2 Å². The Labute approximate surface area is 124 Å². The first-order valence-corrected chi connectivity index (χ1v) is 8.93. The van der Waals surface area contributed by atoms with Gasteiger partial charge in [0.2, 0.25) is 0 Å². The van der Waals surface area contributed by atoms with Crippen LogP contribution in [-0.4, -0.2) is 48.8 Å². The molecule has 1 N–H and O–H groups in total. The van der Waals surface area contributed by atoms with Gasteiger partial charge in [0.25, 0.3) is 0 Å². The largest absolute Gasteiger partial charge is 0.370 e. The van der Waals surface area contributed by atoms with Gasteiger partial charge < -0.3 is 10.1 Å². The first-order chi connectivity index (χ1) is 9.80. The minimum Gasteiger partial charge on any atom is -0.370 e. The Morgan fingerprint density at radius 1 is 1.20 bits per heavy atom. The van der Waals surface area contributed by atoms with E-state index in [1.54, 1.807) is 0 Å². The lowest BCUT2D eigenvalue weighted by molar-refractivity contribution is -0.0473. The number of hydrogen-bond donors (Lipinski definition) is 1. The van der Waals surface area contributed by atoms with Gasteiger partial charge in [0.05, 0.1) is 11.7 Å². The first kappa shape index (κ1) is 14.8. The maximum absolute atomic E-state index is 6.49. The summed E-state index contributed by atoms with van der Waals surface area (Å²) in [5.41, 5.74) is 0.303. The molecule has 20 heavy (non-hydrogen) atoms. The van der Waals surface area contributed by atoms with Gasteiger partial charge in [-0.25, -0.2) is 0 Å². The van der Waals surface area contributed by atoms with Gasteiger partial charge in [0.1, 0.15) is 0 Å². The molecule has 3 aliphatic rings. The molecule has 0 aromatic heterocycles. The molecule has 0 radical (unpaired) electrons. The molecule has 2 saturated heterocycles. The van der Waals surface area contributed by atoms with E-state index < -0.39 is 0 Å². The third kappa shape index (κ3) is 3.55. The van der Waals surface area contributed by atoms with Gasteiger partial charge in [0, 0.05) is 19.1 Å². The number of rotatable bonds is 4. The van der Waals surface area contributed by atoms with Crippen LogP contribution >= 0.6 is 0 Å². The van der Waals surface area contributed by atoms with E-state index in [0.717, 1.165) is 0 Å². The van der Waals surface area contributed by atoms with Gasteiger partial charge in [-0.2, -0.15) is 0 Å². The number of ether oxygens (including phenoxy) is 1. The van der Waals surface area contributed by atoms with Crippen molar-refractivity contribution in [3.8, 4) is 0 Å². The third-order valence-corrected chi connectivity index (χ3v) is 5.52. The van der Waals surface area contributed by atoms with Crippen molar-refractivity contribution in [2.24, 2.45) is 0 Å². The highest BCUT2D eigenvalue weighted by Crippen LogP contribution is 2.43. The average Bonchev–Trinajstić information content (AvgIpc) is 2.99. The van der Waals surface area contributed by atoms with Crippen molar-refractivity contribution in [1.29, 1.82) is 0 Å². The summed E-state index contributed by atoms with van der Waals surface area (Å²) >= 11 is 0. The zero-order chi connectivity index (χ0) is 13.8. The molecular weight excluding hydrogens is 248 g/mol. The van der Waals surface area contributed by atoms with Gasteiger partial charge in [-0.05, 0) is 51.6 Å². The lowest BCUT2D eigenvalue weighted by Gasteiger charge is -2.29. The fourth-order valence-electron chi connectivity index (χ4n) is 4.48. The molecular formula is C17H32N2O. The molecule has 1 spiro atoms. The predicted octanol–water partition coefficient (Wildman–Crippen LogP) is 2.94. The van der Waals surface area contributed by atoms with Crippen molar-refractivity contribution in [2.75, 3.05) is 26.2 Å². The molecule has 116 valence electrons. The molecule has 0 bridgehead atoms. The zero-order valence-corrected chi connectivity index (χ0v) is 13.2. The molecule has 2 unspecified atom stereocenters. The minimum absolute atomic E-state index is 0.303. The highest BCUT2D eigenvalue weighted by atomic mass is 16.5. The van der Waals surface area contributed by atoms with Crippen molar-refractivity contribution in [3.63, 3.8) is 0 Å². The molecule has 3 fully saturated rings. The summed E-state index contributed by atoms with van der Waals surface area (Å²) in [5.74, 6) is 0. The molecule has 2 aliphatic heterocycles. The Balaban J connectivity index is 1.49. The first-order valence-electron chi connectivity index (χ1n) is 8.93. The molecule has 3 nitrogen and oxygen atoms in total. The quantitative estimate of drug-likeness (QED) is 0.857. The molecule has 3 rings (SSSR count). The highest BCUT2D eigenvalue weighted by Gasteiger charge is 2.42. The maximum Gasteiger partial charge on any atom is 0.0710 e. The molecule has 0 aromatic rings. The van der Waals surface area contributed by atoms with Crippen LogP contribution in [0.3, 0.4) is 0 Å². The van der Waals surface area contributed by atoms with E-state index >= 15 is 0 Å². The summed E-state index contributed by atoms with van der Waals surface area (Å²) in [5, 5.41) is 3.70. The molecule has 1 saturated carbocycles. The van der Waals surface area contributed by atoms with E-state index in [0.29, 0.717) is 17.7 Å². The van der Waals surface area contributed by atoms with Gasteiger partial charge >= 0.3 is 0 Å². The Kier molecular flexibility index (Phi) is 5.00. The predicted molar refractivity (Wildman–Crippen MR) is 83.1 cm³/mol. The SMILES string of the molecule is CCCC1CN(CC2CCC3(CCCC3)O2)CCCN1. The summed E-state index contributed by atoms with van der Waals surface area (Å²) in [4.78, 5) is 2.67. The topological polar surface area (TPSA) is 24.5 Å². The van der Waals surface area contributed by atoms with E-state index in [9.17, 15) is 0 Å². The van der Waals surface area contributed by atoms with Gasteiger partial charge in [0.15, 0.2) is 0 Å². The highest BCUT2D eigenvalue weighted by molar-refractivity contribution is 4.93. The van der Waals surface area contributed by atoms with E-state index in [1.165, 1.54) is 84.0 Å². The van der Waals surface area contributed by atoms with Crippen LogP contribution in [0.2, 0.25) is 0 Å². The van der Waals surface area contributed by atoms with Crippen LogP contribution < -0.4 is 5.32 Å². The molecule has 2 heterocycles. The normalized spacial score (nSPS) is 34.6. The summed E-state index contributed by atoms with van der Waals surface area (Å²) in [7, 11) is 0. The minimum atomic E-state index is 0.303.